The summed E-state index contributed by atoms with van der Waals surface area (Å²) in [6, 6.07) is 6.88. The lowest BCUT2D eigenvalue weighted by molar-refractivity contribution is 0.311. The van der Waals surface area contributed by atoms with Gasteiger partial charge in [-0.15, -0.1) is 0 Å². The molecule has 8 nitrogen and oxygen atoms in total. The number of nitrogens with one attached hydrogen (secondary N) is 1. The summed E-state index contributed by atoms with van der Waals surface area (Å²) >= 11 is 0. The first kappa shape index (κ1) is 22.1. The van der Waals surface area contributed by atoms with Gasteiger partial charge in [0.25, 0.3) is 0 Å². The molecule has 0 radical (unpaired) electrons. The second kappa shape index (κ2) is 8.94. The standard InChI is InChI=1S/C24H26F2N8/c1-15(2)34-22-10-16(12-27-20(22)14-29-34)23-19(26)13-28-24(31-23)30-17-4-5-21(18(25)11-17)33-8-6-32(3)7-9-33/h4-5,10-15H,6-9H2,1-3H3,(H,28,30,31). The zero-order valence-corrected chi connectivity index (χ0v) is 19.3. The fraction of sp³-hybridized carbons (Fsp3) is 0.333. The van der Waals surface area contributed by atoms with E-state index in [0.717, 1.165) is 43.4 Å². The predicted octanol–water partition coefficient (Wildman–Crippen LogP) is 4.24. The Morgan fingerprint density at radius 1 is 0.941 bits per heavy atom. The fourth-order valence-corrected chi connectivity index (χ4v) is 4.11. The van der Waals surface area contributed by atoms with Crippen LogP contribution in [0.2, 0.25) is 0 Å². The van der Waals surface area contributed by atoms with E-state index in [9.17, 15) is 8.78 Å². The van der Waals surface area contributed by atoms with Crippen molar-refractivity contribution in [3.05, 3.63) is 54.5 Å². The normalized spacial score (nSPS) is 14.8. The first-order valence-corrected chi connectivity index (χ1v) is 11.3. The molecule has 0 amide bonds. The summed E-state index contributed by atoms with van der Waals surface area (Å²) in [5, 5.41) is 7.34. The minimum Gasteiger partial charge on any atom is -0.367 e. The third-order valence-electron chi connectivity index (χ3n) is 6.00. The molecular weight excluding hydrogens is 438 g/mol. The lowest BCUT2D eigenvalue weighted by Gasteiger charge is -2.34. The number of hydrogen-bond acceptors (Lipinski definition) is 7. The van der Waals surface area contributed by atoms with Crippen molar-refractivity contribution in [3.8, 4) is 11.3 Å². The maximum atomic E-state index is 14.9. The van der Waals surface area contributed by atoms with E-state index in [1.54, 1.807) is 24.5 Å². The van der Waals surface area contributed by atoms with E-state index in [1.165, 1.54) is 6.07 Å². The van der Waals surface area contributed by atoms with Crippen LogP contribution in [-0.2, 0) is 0 Å². The lowest BCUT2D eigenvalue weighted by atomic mass is 10.2. The van der Waals surface area contributed by atoms with Crippen LogP contribution in [0.1, 0.15) is 19.9 Å². The molecule has 0 atom stereocenters. The Hall–Kier alpha value is -3.66. The predicted molar refractivity (Wildman–Crippen MR) is 128 cm³/mol. The molecule has 1 saturated heterocycles. The summed E-state index contributed by atoms with van der Waals surface area (Å²) in [7, 11) is 2.06. The Bertz CT molecular complexity index is 1330. The van der Waals surface area contributed by atoms with Crippen molar-refractivity contribution in [3.63, 3.8) is 0 Å². The van der Waals surface area contributed by atoms with Crippen molar-refractivity contribution >= 4 is 28.4 Å². The second-order valence-corrected chi connectivity index (χ2v) is 8.78. The lowest BCUT2D eigenvalue weighted by Crippen LogP contribution is -2.44. The van der Waals surface area contributed by atoms with Crippen LogP contribution >= 0.6 is 0 Å². The van der Waals surface area contributed by atoms with Crippen molar-refractivity contribution in [2.75, 3.05) is 43.4 Å². The number of piperazine rings is 1. The van der Waals surface area contributed by atoms with E-state index in [0.29, 0.717) is 16.9 Å². The first-order valence-electron chi connectivity index (χ1n) is 11.3. The number of anilines is 3. The van der Waals surface area contributed by atoms with E-state index in [2.05, 4.69) is 37.3 Å². The number of rotatable bonds is 5. The van der Waals surface area contributed by atoms with Gasteiger partial charge in [0.15, 0.2) is 5.82 Å². The molecule has 4 aromatic rings. The molecule has 1 aliphatic rings. The Labute approximate surface area is 196 Å². The van der Waals surface area contributed by atoms with E-state index in [1.807, 2.05) is 29.5 Å². The summed E-state index contributed by atoms with van der Waals surface area (Å²) in [6.45, 7) is 7.37. The Kier molecular flexibility index (Phi) is 5.82. The molecule has 0 unspecified atom stereocenters. The number of nitrogens with zero attached hydrogens (tertiary/aromatic N) is 7. The zero-order valence-electron chi connectivity index (χ0n) is 19.3. The van der Waals surface area contributed by atoms with Crippen molar-refractivity contribution in [1.82, 2.24) is 29.6 Å². The van der Waals surface area contributed by atoms with Gasteiger partial charge >= 0.3 is 0 Å². The molecule has 1 aromatic carbocycles. The second-order valence-electron chi connectivity index (χ2n) is 8.78. The van der Waals surface area contributed by atoms with Crippen LogP contribution in [0.3, 0.4) is 0 Å². The summed E-state index contributed by atoms with van der Waals surface area (Å²) < 4.78 is 31.3. The number of aromatic nitrogens is 5. The van der Waals surface area contributed by atoms with Crippen molar-refractivity contribution < 1.29 is 8.78 Å². The summed E-state index contributed by atoms with van der Waals surface area (Å²) in [4.78, 5) is 17.0. The maximum Gasteiger partial charge on any atom is 0.227 e. The monoisotopic (exact) mass is 464 g/mol. The highest BCUT2D eigenvalue weighted by Gasteiger charge is 2.18. The van der Waals surface area contributed by atoms with Gasteiger partial charge in [-0.1, -0.05) is 0 Å². The average Bonchev–Trinajstić information content (AvgIpc) is 3.25. The van der Waals surface area contributed by atoms with Crippen molar-refractivity contribution in [2.45, 2.75) is 19.9 Å². The molecule has 34 heavy (non-hydrogen) atoms. The molecule has 5 rings (SSSR count). The van der Waals surface area contributed by atoms with Crippen LogP contribution in [0.25, 0.3) is 22.3 Å². The quantitative estimate of drug-likeness (QED) is 0.473. The first-order chi connectivity index (χ1) is 16.4. The summed E-state index contributed by atoms with van der Waals surface area (Å²) in [6.07, 6.45) is 4.35. The SMILES string of the molecule is CC(C)n1ncc2ncc(-c3nc(Nc4ccc(N5CCN(C)CC5)c(F)c4)ncc3F)cc21. The van der Waals surface area contributed by atoms with Gasteiger partial charge in [0.2, 0.25) is 5.95 Å². The van der Waals surface area contributed by atoms with Crippen molar-refractivity contribution in [1.29, 1.82) is 0 Å². The van der Waals surface area contributed by atoms with E-state index in [4.69, 9.17) is 0 Å². The fourth-order valence-electron chi connectivity index (χ4n) is 4.11. The molecule has 176 valence electrons. The molecule has 0 bridgehead atoms. The number of hydrogen-bond donors (Lipinski definition) is 1. The summed E-state index contributed by atoms with van der Waals surface area (Å²) in [5.41, 5.74) is 3.19. The Balaban J connectivity index is 1.41. The molecule has 10 heteroatoms. The highest BCUT2D eigenvalue weighted by atomic mass is 19.1. The highest BCUT2D eigenvalue weighted by molar-refractivity contribution is 5.80. The van der Waals surface area contributed by atoms with Crippen LogP contribution < -0.4 is 10.2 Å². The van der Waals surface area contributed by atoms with Crippen LogP contribution in [0.4, 0.5) is 26.1 Å². The van der Waals surface area contributed by atoms with Gasteiger partial charge in [-0.2, -0.15) is 5.10 Å². The molecule has 1 fully saturated rings. The van der Waals surface area contributed by atoms with Crippen LogP contribution in [-0.4, -0.2) is 62.9 Å². The number of benzene rings is 1. The van der Waals surface area contributed by atoms with E-state index in [-0.39, 0.29) is 23.5 Å². The third-order valence-corrected chi connectivity index (χ3v) is 6.00. The molecule has 1 aliphatic heterocycles. The van der Waals surface area contributed by atoms with Gasteiger partial charge in [0.05, 0.1) is 23.6 Å². The van der Waals surface area contributed by atoms with Gasteiger partial charge < -0.3 is 15.1 Å². The minimum absolute atomic E-state index is 0.109. The number of pyridine rings is 1. The molecule has 0 spiro atoms. The average molecular weight is 465 g/mol. The van der Waals surface area contributed by atoms with Crippen LogP contribution in [0.15, 0.2) is 42.9 Å². The molecular formula is C24H26F2N8. The molecule has 4 heterocycles. The minimum atomic E-state index is -0.570. The molecule has 3 aromatic heterocycles. The topological polar surface area (TPSA) is 75.0 Å². The van der Waals surface area contributed by atoms with Crippen LogP contribution in [0.5, 0.6) is 0 Å². The zero-order chi connectivity index (χ0) is 23.8. The highest BCUT2D eigenvalue weighted by Crippen LogP contribution is 2.28. The maximum absolute atomic E-state index is 14.9. The smallest absolute Gasteiger partial charge is 0.227 e. The number of halogens is 2. The van der Waals surface area contributed by atoms with Gasteiger partial charge in [-0.25, -0.2) is 18.7 Å². The Morgan fingerprint density at radius 3 is 2.47 bits per heavy atom. The molecule has 1 N–H and O–H groups in total. The third kappa shape index (κ3) is 4.28. The van der Waals surface area contributed by atoms with E-state index >= 15 is 0 Å². The Morgan fingerprint density at radius 2 is 1.74 bits per heavy atom. The van der Waals surface area contributed by atoms with Gasteiger partial charge in [-0.3, -0.25) is 9.67 Å². The number of likely N-dealkylation sites (N-methyl/N-ethyl adjacent to an activating group) is 1. The number of fused-ring (bicyclic) bond motifs is 1. The molecule has 0 aliphatic carbocycles. The van der Waals surface area contributed by atoms with E-state index < -0.39 is 5.82 Å². The largest absolute Gasteiger partial charge is 0.367 e. The van der Waals surface area contributed by atoms with Gasteiger partial charge in [0.1, 0.15) is 17.0 Å². The van der Waals surface area contributed by atoms with Gasteiger partial charge in [-0.05, 0) is 45.2 Å². The van der Waals surface area contributed by atoms with Crippen LogP contribution in [0, 0.1) is 11.6 Å². The van der Waals surface area contributed by atoms with Crippen molar-refractivity contribution in [2.24, 2.45) is 0 Å². The molecule has 0 saturated carbocycles. The van der Waals surface area contributed by atoms with Gasteiger partial charge in [0, 0.05) is 49.7 Å². The summed E-state index contributed by atoms with van der Waals surface area (Å²) in [5.74, 6) is -0.729.